The highest BCUT2D eigenvalue weighted by molar-refractivity contribution is 4.81. The van der Waals surface area contributed by atoms with Gasteiger partial charge in [-0.2, -0.15) is 0 Å². The molecule has 0 aliphatic heterocycles. The molecule has 1 saturated carbocycles. The Labute approximate surface area is 89.1 Å². The minimum atomic E-state index is 0.680. The first-order valence-electron chi connectivity index (χ1n) is 6.04. The average molecular weight is 198 g/mol. The molecule has 1 fully saturated rings. The summed E-state index contributed by atoms with van der Waals surface area (Å²) in [5.41, 5.74) is 0. The van der Waals surface area contributed by atoms with Crippen molar-refractivity contribution >= 4 is 0 Å². The molecule has 1 atom stereocenters. The fourth-order valence-electron chi connectivity index (χ4n) is 1.88. The summed E-state index contributed by atoms with van der Waals surface area (Å²) in [6.45, 7) is 9.11. The molecule has 0 aromatic heterocycles. The van der Waals surface area contributed by atoms with Crippen LogP contribution < -0.4 is 5.32 Å². The molecule has 2 heteroatoms. The second-order valence-corrected chi connectivity index (χ2v) is 5.15. The van der Waals surface area contributed by atoms with E-state index >= 15 is 0 Å². The van der Waals surface area contributed by atoms with E-state index in [0.717, 1.165) is 25.0 Å². The van der Waals surface area contributed by atoms with Crippen LogP contribution in [0.1, 0.15) is 40.0 Å². The zero-order chi connectivity index (χ0) is 10.6. The van der Waals surface area contributed by atoms with Crippen molar-refractivity contribution in [1.82, 2.24) is 10.2 Å². The molecule has 1 N–H and O–H groups in total. The van der Waals surface area contributed by atoms with Gasteiger partial charge in [-0.3, -0.25) is 4.90 Å². The van der Waals surface area contributed by atoms with Crippen LogP contribution in [0, 0.1) is 5.92 Å². The Morgan fingerprint density at radius 3 is 2.29 bits per heavy atom. The van der Waals surface area contributed by atoms with Crippen LogP contribution in [0.25, 0.3) is 0 Å². The Morgan fingerprint density at radius 2 is 1.86 bits per heavy atom. The topological polar surface area (TPSA) is 15.3 Å². The van der Waals surface area contributed by atoms with Crippen molar-refractivity contribution in [3.63, 3.8) is 0 Å². The number of nitrogens with one attached hydrogen (secondary N) is 1. The van der Waals surface area contributed by atoms with Gasteiger partial charge in [0.1, 0.15) is 0 Å². The molecule has 2 nitrogen and oxygen atoms in total. The van der Waals surface area contributed by atoms with Crippen LogP contribution in [0.15, 0.2) is 0 Å². The first-order chi connectivity index (χ1) is 6.61. The summed E-state index contributed by atoms with van der Waals surface area (Å²) in [5.74, 6) is 0.760. The van der Waals surface area contributed by atoms with E-state index in [2.05, 4.69) is 38.0 Å². The zero-order valence-corrected chi connectivity index (χ0v) is 10.2. The van der Waals surface area contributed by atoms with Gasteiger partial charge in [0.25, 0.3) is 0 Å². The normalized spacial score (nSPS) is 20.1. The largest absolute Gasteiger partial charge is 0.315 e. The molecule has 1 aliphatic rings. The highest BCUT2D eigenvalue weighted by atomic mass is 15.2. The lowest BCUT2D eigenvalue weighted by atomic mass is 9.91. The van der Waals surface area contributed by atoms with Crippen molar-refractivity contribution < 1.29 is 0 Å². The van der Waals surface area contributed by atoms with E-state index in [0.29, 0.717) is 6.04 Å². The Kier molecular flexibility index (Phi) is 4.90. The molecule has 0 aromatic rings. The maximum atomic E-state index is 3.53. The standard InChI is InChI=1S/C12H26N2/c1-10(2)8-13-9-11(3)14(4)12-6-5-7-12/h10-13H,5-9H2,1-4H3. The van der Waals surface area contributed by atoms with E-state index < -0.39 is 0 Å². The van der Waals surface area contributed by atoms with Crippen molar-refractivity contribution in [2.45, 2.75) is 52.1 Å². The van der Waals surface area contributed by atoms with Crippen LogP contribution in [0.2, 0.25) is 0 Å². The SMILES string of the molecule is CC(C)CNCC(C)N(C)C1CCC1. The molecular weight excluding hydrogens is 172 g/mol. The molecule has 1 rings (SSSR count). The summed E-state index contributed by atoms with van der Waals surface area (Å²) in [4.78, 5) is 2.54. The third-order valence-corrected chi connectivity index (χ3v) is 3.34. The maximum absolute atomic E-state index is 3.53. The summed E-state index contributed by atoms with van der Waals surface area (Å²) in [6, 6.07) is 1.55. The average Bonchev–Trinajstić information content (AvgIpc) is 2.00. The van der Waals surface area contributed by atoms with Gasteiger partial charge in [0.15, 0.2) is 0 Å². The van der Waals surface area contributed by atoms with Gasteiger partial charge in [0, 0.05) is 18.6 Å². The minimum Gasteiger partial charge on any atom is -0.315 e. The van der Waals surface area contributed by atoms with Gasteiger partial charge in [0.05, 0.1) is 0 Å². The summed E-state index contributed by atoms with van der Waals surface area (Å²) in [6.07, 6.45) is 4.25. The van der Waals surface area contributed by atoms with Crippen LogP contribution in [0.3, 0.4) is 0 Å². The fraction of sp³-hybridized carbons (Fsp3) is 1.00. The number of hydrogen-bond donors (Lipinski definition) is 1. The molecule has 1 aliphatic carbocycles. The van der Waals surface area contributed by atoms with E-state index in [1.165, 1.54) is 19.3 Å². The van der Waals surface area contributed by atoms with Gasteiger partial charge in [0.2, 0.25) is 0 Å². The summed E-state index contributed by atoms with van der Waals surface area (Å²) in [5, 5.41) is 3.53. The predicted octanol–water partition coefficient (Wildman–Crippen LogP) is 2.10. The zero-order valence-electron chi connectivity index (χ0n) is 10.2. The number of hydrogen-bond acceptors (Lipinski definition) is 2. The quantitative estimate of drug-likeness (QED) is 0.703. The van der Waals surface area contributed by atoms with Crippen LogP contribution in [0.4, 0.5) is 0 Å². The smallest absolute Gasteiger partial charge is 0.0192 e. The van der Waals surface area contributed by atoms with E-state index in [1.807, 2.05) is 0 Å². The minimum absolute atomic E-state index is 0.680. The molecule has 1 unspecified atom stereocenters. The molecular formula is C12H26N2. The summed E-state index contributed by atoms with van der Waals surface area (Å²) < 4.78 is 0. The van der Waals surface area contributed by atoms with Gasteiger partial charge in [-0.1, -0.05) is 20.3 Å². The van der Waals surface area contributed by atoms with Crippen LogP contribution in [-0.4, -0.2) is 37.1 Å². The van der Waals surface area contributed by atoms with Crippen LogP contribution in [0.5, 0.6) is 0 Å². The third kappa shape index (κ3) is 3.58. The summed E-state index contributed by atoms with van der Waals surface area (Å²) >= 11 is 0. The van der Waals surface area contributed by atoms with E-state index in [4.69, 9.17) is 0 Å². The highest BCUT2D eigenvalue weighted by Gasteiger charge is 2.24. The molecule has 14 heavy (non-hydrogen) atoms. The lowest BCUT2D eigenvalue weighted by Gasteiger charge is -2.38. The van der Waals surface area contributed by atoms with E-state index in [1.54, 1.807) is 0 Å². The van der Waals surface area contributed by atoms with E-state index in [9.17, 15) is 0 Å². The van der Waals surface area contributed by atoms with Gasteiger partial charge >= 0.3 is 0 Å². The molecule has 84 valence electrons. The van der Waals surface area contributed by atoms with Crippen LogP contribution in [-0.2, 0) is 0 Å². The lowest BCUT2D eigenvalue weighted by molar-refractivity contribution is 0.117. The number of likely N-dealkylation sites (N-methyl/N-ethyl adjacent to an activating group) is 1. The number of rotatable bonds is 6. The highest BCUT2D eigenvalue weighted by Crippen LogP contribution is 2.24. The van der Waals surface area contributed by atoms with Crippen molar-refractivity contribution in [1.29, 1.82) is 0 Å². The lowest BCUT2D eigenvalue weighted by Crippen LogP contribution is -2.47. The molecule has 0 radical (unpaired) electrons. The second kappa shape index (κ2) is 5.72. The van der Waals surface area contributed by atoms with Crippen molar-refractivity contribution in [2.24, 2.45) is 5.92 Å². The summed E-state index contributed by atoms with van der Waals surface area (Å²) in [7, 11) is 2.27. The van der Waals surface area contributed by atoms with Crippen molar-refractivity contribution in [3.05, 3.63) is 0 Å². The molecule has 0 heterocycles. The first kappa shape index (κ1) is 12.0. The fourth-order valence-corrected chi connectivity index (χ4v) is 1.88. The molecule has 0 aromatic carbocycles. The Morgan fingerprint density at radius 1 is 1.21 bits per heavy atom. The predicted molar refractivity (Wildman–Crippen MR) is 62.6 cm³/mol. The van der Waals surface area contributed by atoms with Crippen LogP contribution >= 0.6 is 0 Å². The Hall–Kier alpha value is -0.0800. The second-order valence-electron chi connectivity index (χ2n) is 5.15. The molecule has 0 amide bonds. The monoisotopic (exact) mass is 198 g/mol. The maximum Gasteiger partial charge on any atom is 0.0192 e. The van der Waals surface area contributed by atoms with E-state index in [-0.39, 0.29) is 0 Å². The van der Waals surface area contributed by atoms with Gasteiger partial charge in [-0.25, -0.2) is 0 Å². The van der Waals surface area contributed by atoms with Crippen molar-refractivity contribution in [3.8, 4) is 0 Å². The van der Waals surface area contributed by atoms with Crippen molar-refractivity contribution in [2.75, 3.05) is 20.1 Å². The van der Waals surface area contributed by atoms with Gasteiger partial charge in [-0.05, 0) is 39.3 Å². The molecule has 0 bridgehead atoms. The molecule has 0 saturated heterocycles. The third-order valence-electron chi connectivity index (χ3n) is 3.34. The Balaban J connectivity index is 2.10. The van der Waals surface area contributed by atoms with Gasteiger partial charge < -0.3 is 5.32 Å². The molecule has 0 spiro atoms. The van der Waals surface area contributed by atoms with Gasteiger partial charge in [-0.15, -0.1) is 0 Å². The first-order valence-corrected chi connectivity index (χ1v) is 6.04. The Bertz CT molecular complexity index is 152. The number of nitrogens with zero attached hydrogens (tertiary/aromatic N) is 1.